The lowest BCUT2D eigenvalue weighted by molar-refractivity contribution is 0.107. The molecule has 1 aromatic carbocycles. The maximum absolute atomic E-state index is 11.3. The lowest BCUT2D eigenvalue weighted by atomic mass is 10.1. The van der Waals surface area contributed by atoms with Crippen molar-refractivity contribution in [2.45, 2.75) is 32.2 Å². The minimum Gasteiger partial charge on any atom is -0.460 e. The third-order valence-electron chi connectivity index (χ3n) is 4.16. The Hall–Kier alpha value is -1.78. The first-order chi connectivity index (χ1) is 11.0. The van der Waals surface area contributed by atoms with Crippen LogP contribution in [0.5, 0.6) is 0 Å². The summed E-state index contributed by atoms with van der Waals surface area (Å²) in [5.74, 6) is 1.57. The van der Waals surface area contributed by atoms with Crippen molar-refractivity contribution in [3.8, 4) is 0 Å². The second-order valence-corrected chi connectivity index (χ2v) is 6.79. The molecule has 118 valence electrons. The van der Waals surface area contributed by atoms with Gasteiger partial charge in [0.25, 0.3) is 5.24 Å². The first-order valence-corrected chi connectivity index (χ1v) is 8.23. The first-order valence-electron chi connectivity index (χ1n) is 7.47. The highest BCUT2D eigenvalue weighted by molar-refractivity contribution is 6.67. The number of carbonyl (C=O) groups excluding carboxylic acids is 1. The van der Waals surface area contributed by atoms with E-state index in [4.69, 9.17) is 27.6 Å². The number of rotatable bonds is 4. The SMILES string of the molecule is Cc1cc(C(=O)Cl)nn1Cc1cc(Cl)cc2cc(C3CC3)oc12. The molecule has 2 heterocycles. The van der Waals surface area contributed by atoms with Crippen LogP contribution in [0.15, 0.2) is 28.7 Å². The maximum Gasteiger partial charge on any atom is 0.272 e. The molecule has 0 atom stereocenters. The summed E-state index contributed by atoms with van der Waals surface area (Å²) in [6, 6.07) is 7.55. The molecule has 0 bridgehead atoms. The van der Waals surface area contributed by atoms with Crippen LogP contribution in [0.3, 0.4) is 0 Å². The highest BCUT2D eigenvalue weighted by Crippen LogP contribution is 2.43. The molecule has 0 unspecified atom stereocenters. The smallest absolute Gasteiger partial charge is 0.272 e. The van der Waals surface area contributed by atoms with E-state index in [-0.39, 0.29) is 5.69 Å². The summed E-state index contributed by atoms with van der Waals surface area (Å²) in [6.07, 6.45) is 2.37. The Balaban J connectivity index is 1.77. The van der Waals surface area contributed by atoms with Crippen molar-refractivity contribution in [3.63, 3.8) is 0 Å². The lowest BCUT2D eigenvalue weighted by Gasteiger charge is -2.06. The fraction of sp³-hybridized carbons (Fsp3) is 0.294. The number of nitrogens with zero attached hydrogens (tertiary/aromatic N) is 2. The number of carbonyl (C=O) groups is 1. The Morgan fingerprint density at radius 2 is 2.13 bits per heavy atom. The van der Waals surface area contributed by atoms with Crippen LogP contribution in [-0.2, 0) is 6.54 Å². The molecular weight excluding hydrogens is 335 g/mol. The quantitative estimate of drug-likeness (QED) is 0.630. The predicted molar refractivity (Wildman–Crippen MR) is 89.4 cm³/mol. The van der Waals surface area contributed by atoms with Gasteiger partial charge >= 0.3 is 0 Å². The van der Waals surface area contributed by atoms with Crippen LogP contribution in [0.4, 0.5) is 0 Å². The number of hydrogen-bond donors (Lipinski definition) is 0. The van der Waals surface area contributed by atoms with Gasteiger partial charge in [0.1, 0.15) is 17.0 Å². The Bertz CT molecular complexity index is 922. The van der Waals surface area contributed by atoms with Gasteiger partial charge in [-0.05, 0) is 55.6 Å². The van der Waals surface area contributed by atoms with Crippen LogP contribution < -0.4 is 0 Å². The van der Waals surface area contributed by atoms with E-state index in [0.29, 0.717) is 17.5 Å². The van der Waals surface area contributed by atoms with Gasteiger partial charge in [-0.3, -0.25) is 9.48 Å². The standard InChI is InChI=1S/C17H14Cl2N2O2/c1-9-4-14(17(19)22)20-21(9)8-12-6-13(18)5-11-7-15(10-2-3-10)23-16(11)12/h4-7,10H,2-3,8H2,1H3. The van der Waals surface area contributed by atoms with Gasteiger partial charge in [0.2, 0.25) is 0 Å². The molecule has 0 amide bonds. The molecule has 1 saturated carbocycles. The van der Waals surface area contributed by atoms with E-state index in [1.807, 2.05) is 19.1 Å². The summed E-state index contributed by atoms with van der Waals surface area (Å²) in [4.78, 5) is 11.3. The minimum atomic E-state index is -0.558. The molecule has 3 aromatic rings. The van der Waals surface area contributed by atoms with Crippen LogP contribution in [-0.4, -0.2) is 15.0 Å². The normalized spacial score (nSPS) is 14.6. The summed E-state index contributed by atoms with van der Waals surface area (Å²) in [5, 5.41) is 5.36. The van der Waals surface area contributed by atoms with Crippen LogP contribution in [0.2, 0.25) is 5.02 Å². The molecule has 2 aromatic heterocycles. The third-order valence-corrected chi connectivity index (χ3v) is 4.57. The molecule has 4 rings (SSSR count). The largest absolute Gasteiger partial charge is 0.460 e. The number of aromatic nitrogens is 2. The summed E-state index contributed by atoms with van der Waals surface area (Å²) < 4.78 is 7.79. The Morgan fingerprint density at radius 3 is 2.78 bits per heavy atom. The minimum absolute atomic E-state index is 0.251. The molecule has 1 fully saturated rings. The van der Waals surface area contributed by atoms with Crippen LogP contribution in [0, 0.1) is 6.92 Å². The fourth-order valence-electron chi connectivity index (χ4n) is 2.82. The summed E-state index contributed by atoms with van der Waals surface area (Å²) in [5.41, 5.74) is 2.89. The van der Waals surface area contributed by atoms with Gasteiger partial charge in [-0.2, -0.15) is 5.10 Å². The zero-order valence-corrected chi connectivity index (χ0v) is 14.0. The van der Waals surface area contributed by atoms with Crippen molar-refractivity contribution in [2.75, 3.05) is 0 Å². The van der Waals surface area contributed by atoms with Gasteiger partial charge in [0.05, 0.1) is 6.54 Å². The third kappa shape index (κ3) is 2.77. The van der Waals surface area contributed by atoms with Gasteiger partial charge in [0.15, 0.2) is 0 Å². The summed E-state index contributed by atoms with van der Waals surface area (Å²) in [7, 11) is 0. The van der Waals surface area contributed by atoms with Crippen molar-refractivity contribution in [2.24, 2.45) is 0 Å². The number of benzene rings is 1. The van der Waals surface area contributed by atoms with Crippen LogP contribution in [0.1, 0.15) is 46.3 Å². The highest BCUT2D eigenvalue weighted by atomic mass is 35.5. The molecule has 1 aliphatic carbocycles. The monoisotopic (exact) mass is 348 g/mol. The van der Waals surface area contributed by atoms with Crippen molar-refractivity contribution < 1.29 is 9.21 Å². The number of hydrogen-bond acceptors (Lipinski definition) is 3. The summed E-state index contributed by atoms with van der Waals surface area (Å²) in [6.45, 7) is 2.36. The molecule has 23 heavy (non-hydrogen) atoms. The van der Waals surface area contributed by atoms with E-state index < -0.39 is 5.24 Å². The maximum atomic E-state index is 11.3. The van der Waals surface area contributed by atoms with Gasteiger partial charge in [-0.25, -0.2) is 0 Å². The van der Waals surface area contributed by atoms with Gasteiger partial charge in [-0.15, -0.1) is 0 Å². The molecule has 0 aliphatic heterocycles. The van der Waals surface area contributed by atoms with E-state index in [1.165, 1.54) is 12.8 Å². The van der Waals surface area contributed by atoms with Crippen LogP contribution in [0.25, 0.3) is 11.0 Å². The van der Waals surface area contributed by atoms with Crippen molar-refractivity contribution in [3.05, 3.63) is 52.0 Å². The number of furan rings is 1. The topological polar surface area (TPSA) is 48.0 Å². The molecule has 0 saturated heterocycles. The van der Waals surface area contributed by atoms with Gasteiger partial charge in [-0.1, -0.05) is 11.6 Å². The highest BCUT2D eigenvalue weighted by Gasteiger charge is 2.27. The average molecular weight is 349 g/mol. The Kier molecular flexibility index (Phi) is 3.47. The molecule has 4 nitrogen and oxygen atoms in total. The molecular formula is C17H14Cl2N2O2. The second kappa shape index (κ2) is 5.39. The zero-order valence-electron chi connectivity index (χ0n) is 12.5. The van der Waals surface area contributed by atoms with Crippen molar-refractivity contribution in [1.29, 1.82) is 0 Å². The fourth-order valence-corrected chi connectivity index (χ4v) is 3.16. The Morgan fingerprint density at radius 1 is 1.35 bits per heavy atom. The van der Waals surface area contributed by atoms with Gasteiger partial charge in [0, 0.05) is 27.6 Å². The van der Waals surface area contributed by atoms with E-state index in [2.05, 4.69) is 11.2 Å². The van der Waals surface area contributed by atoms with E-state index in [9.17, 15) is 4.79 Å². The second-order valence-electron chi connectivity index (χ2n) is 6.01. The van der Waals surface area contributed by atoms with Crippen molar-refractivity contribution >= 4 is 39.4 Å². The molecule has 0 radical (unpaired) electrons. The van der Waals surface area contributed by atoms with E-state index in [0.717, 1.165) is 28.0 Å². The molecule has 6 heteroatoms. The average Bonchev–Trinajstić information content (AvgIpc) is 3.15. The van der Waals surface area contributed by atoms with E-state index in [1.54, 1.807) is 10.7 Å². The molecule has 0 spiro atoms. The summed E-state index contributed by atoms with van der Waals surface area (Å²) >= 11 is 11.7. The molecule has 0 N–H and O–H groups in total. The number of fused-ring (bicyclic) bond motifs is 1. The molecule has 1 aliphatic rings. The Labute approximate surface area is 143 Å². The van der Waals surface area contributed by atoms with Gasteiger partial charge < -0.3 is 4.42 Å². The number of halogens is 2. The first kappa shape index (κ1) is 14.8. The van der Waals surface area contributed by atoms with E-state index >= 15 is 0 Å². The van der Waals surface area contributed by atoms with Crippen LogP contribution >= 0.6 is 23.2 Å². The van der Waals surface area contributed by atoms with Crippen molar-refractivity contribution in [1.82, 2.24) is 9.78 Å². The number of aryl methyl sites for hydroxylation is 1. The lowest BCUT2D eigenvalue weighted by Crippen LogP contribution is -2.05. The predicted octanol–water partition coefficient (Wildman–Crippen LogP) is 4.90. The zero-order chi connectivity index (χ0) is 16.1.